The van der Waals surface area contributed by atoms with Crippen LogP contribution in [0.5, 0.6) is 0 Å². The molecule has 0 unspecified atom stereocenters. The van der Waals surface area contributed by atoms with Crippen molar-refractivity contribution in [3.05, 3.63) is 51.6 Å². The van der Waals surface area contributed by atoms with Crippen LogP contribution in [-0.2, 0) is 19.6 Å². The van der Waals surface area contributed by atoms with Gasteiger partial charge in [-0.3, -0.25) is 15.0 Å². The number of benzene rings is 1. The SMILES string of the molecule is Cl.O=[N+]([O-])c1ccccc1CN1CCC(c2nnc3n2CCNC3)CC1. The third-order valence-electron chi connectivity index (χ3n) is 5.19. The molecule has 1 N–H and O–H groups in total. The van der Waals surface area contributed by atoms with E-state index in [2.05, 4.69) is 25.0 Å². The Morgan fingerprint density at radius 3 is 2.73 bits per heavy atom. The summed E-state index contributed by atoms with van der Waals surface area (Å²) in [5.41, 5.74) is 1.00. The van der Waals surface area contributed by atoms with Gasteiger partial charge in [-0.15, -0.1) is 22.6 Å². The van der Waals surface area contributed by atoms with Gasteiger partial charge >= 0.3 is 0 Å². The average molecular weight is 379 g/mol. The second kappa shape index (κ2) is 8.11. The molecular weight excluding hydrogens is 356 g/mol. The first-order valence-corrected chi connectivity index (χ1v) is 8.79. The molecule has 0 atom stereocenters. The number of nitro groups is 1. The molecule has 2 aromatic rings. The summed E-state index contributed by atoms with van der Waals surface area (Å²) < 4.78 is 2.26. The van der Waals surface area contributed by atoms with Crippen LogP contribution in [0.4, 0.5) is 5.69 Å². The van der Waals surface area contributed by atoms with Crippen LogP contribution >= 0.6 is 12.4 Å². The third kappa shape index (κ3) is 3.72. The standard InChI is InChI=1S/C17H22N6O2.ClH/c24-23(25)15-4-2-1-3-14(15)12-21-8-5-13(6-9-21)17-20-19-16-11-18-7-10-22(16)17;/h1-4,13,18H,5-12H2;1H. The molecule has 2 aliphatic heterocycles. The predicted molar refractivity (Wildman–Crippen MR) is 99.3 cm³/mol. The van der Waals surface area contributed by atoms with E-state index >= 15 is 0 Å². The van der Waals surface area contributed by atoms with Gasteiger partial charge in [0.05, 0.1) is 11.5 Å². The number of piperidine rings is 1. The van der Waals surface area contributed by atoms with Gasteiger partial charge in [0.1, 0.15) is 11.6 Å². The summed E-state index contributed by atoms with van der Waals surface area (Å²) >= 11 is 0. The minimum absolute atomic E-state index is 0. The number of nitro benzene ring substituents is 1. The minimum Gasteiger partial charge on any atom is -0.312 e. The molecule has 0 radical (unpaired) electrons. The molecule has 2 aliphatic rings. The Morgan fingerprint density at radius 2 is 1.96 bits per heavy atom. The second-order valence-corrected chi connectivity index (χ2v) is 6.74. The van der Waals surface area contributed by atoms with E-state index < -0.39 is 0 Å². The lowest BCUT2D eigenvalue weighted by molar-refractivity contribution is -0.385. The van der Waals surface area contributed by atoms with Crippen molar-refractivity contribution in [3.8, 4) is 0 Å². The number of para-hydroxylation sites is 1. The zero-order valence-electron chi connectivity index (χ0n) is 14.5. The topological polar surface area (TPSA) is 89.1 Å². The van der Waals surface area contributed by atoms with E-state index in [4.69, 9.17) is 0 Å². The molecule has 0 bridgehead atoms. The number of nitrogens with one attached hydrogen (secondary N) is 1. The van der Waals surface area contributed by atoms with Crippen LogP contribution in [0.3, 0.4) is 0 Å². The van der Waals surface area contributed by atoms with Crippen molar-refractivity contribution in [3.63, 3.8) is 0 Å². The second-order valence-electron chi connectivity index (χ2n) is 6.74. The summed E-state index contributed by atoms with van der Waals surface area (Å²) in [7, 11) is 0. The highest BCUT2D eigenvalue weighted by Crippen LogP contribution is 2.29. The molecule has 9 heteroatoms. The molecular formula is C17H23ClN6O2. The molecule has 0 spiro atoms. The van der Waals surface area contributed by atoms with E-state index in [9.17, 15) is 10.1 Å². The minimum atomic E-state index is -0.293. The van der Waals surface area contributed by atoms with E-state index in [0.29, 0.717) is 12.5 Å². The van der Waals surface area contributed by atoms with Crippen molar-refractivity contribution in [1.82, 2.24) is 25.0 Å². The zero-order valence-corrected chi connectivity index (χ0v) is 15.3. The first-order chi connectivity index (χ1) is 12.2. The maximum absolute atomic E-state index is 11.2. The molecule has 0 amide bonds. The average Bonchev–Trinajstić information content (AvgIpc) is 3.07. The molecule has 140 valence electrons. The first-order valence-electron chi connectivity index (χ1n) is 8.79. The lowest BCUT2D eigenvalue weighted by atomic mass is 9.95. The van der Waals surface area contributed by atoms with E-state index in [0.717, 1.165) is 62.8 Å². The number of aromatic nitrogens is 3. The van der Waals surface area contributed by atoms with Gasteiger partial charge in [-0.2, -0.15) is 0 Å². The third-order valence-corrected chi connectivity index (χ3v) is 5.19. The Labute approximate surface area is 158 Å². The van der Waals surface area contributed by atoms with Crippen molar-refractivity contribution < 1.29 is 4.92 Å². The molecule has 0 saturated carbocycles. The van der Waals surface area contributed by atoms with Gasteiger partial charge in [-0.1, -0.05) is 18.2 Å². The van der Waals surface area contributed by atoms with Crippen LogP contribution in [0.1, 0.15) is 36.0 Å². The van der Waals surface area contributed by atoms with Crippen LogP contribution in [0, 0.1) is 10.1 Å². The fraction of sp³-hybridized carbons (Fsp3) is 0.529. The van der Waals surface area contributed by atoms with Crippen LogP contribution in [0.2, 0.25) is 0 Å². The van der Waals surface area contributed by atoms with Crippen molar-refractivity contribution in [2.75, 3.05) is 19.6 Å². The van der Waals surface area contributed by atoms with Crippen LogP contribution in [0.25, 0.3) is 0 Å². The molecule has 1 aromatic carbocycles. The van der Waals surface area contributed by atoms with E-state index in [1.807, 2.05) is 12.1 Å². The highest BCUT2D eigenvalue weighted by atomic mass is 35.5. The molecule has 1 fully saturated rings. The normalized spacial score (nSPS) is 18.2. The smallest absolute Gasteiger partial charge is 0.273 e. The van der Waals surface area contributed by atoms with Crippen molar-refractivity contribution in [2.24, 2.45) is 0 Å². The molecule has 3 heterocycles. The quantitative estimate of drug-likeness (QED) is 0.647. The maximum atomic E-state index is 11.2. The Balaban J connectivity index is 0.00000196. The fourth-order valence-corrected chi connectivity index (χ4v) is 3.83. The summed E-state index contributed by atoms with van der Waals surface area (Å²) in [5.74, 6) is 2.58. The number of hydrogen-bond donors (Lipinski definition) is 1. The fourth-order valence-electron chi connectivity index (χ4n) is 3.83. The van der Waals surface area contributed by atoms with Gasteiger partial charge in [0.15, 0.2) is 0 Å². The van der Waals surface area contributed by atoms with Crippen LogP contribution in [-0.4, -0.2) is 44.2 Å². The first kappa shape index (κ1) is 18.8. The van der Waals surface area contributed by atoms with Gasteiger partial charge in [-0.25, -0.2) is 0 Å². The molecule has 1 saturated heterocycles. The van der Waals surface area contributed by atoms with Gasteiger partial charge in [0.25, 0.3) is 5.69 Å². The number of likely N-dealkylation sites (tertiary alicyclic amines) is 1. The van der Waals surface area contributed by atoms with Gasteiger partial charge in [-0.05, 0) is 25.9 Å². The molecule has 4 rings (SSSR count). The summed E-state index contributed by atoms with van der Waals surface area (Å²) in [4.78, 5) is 13.2. The molecule has 8 nitrogen and oxygen atoms in total. The number of rotatable bonds is 4. The largest absolute Gasteiger partial charge is 0.312 e. The summed E-state index contributed by atoms with van der Waals surface area (Å²) in [6.07, 6.45) is 2.04. The van der Waals surface area contributed by atoms with E-state index in [-0.39, 0.29) is 23.0 Å². The molecule has 0 aliphatic carbocycles. The maximum Gasteiger partial charge on any atom is 0.273 e. The zero-order chi connectivity index (χ0) is 17.2. The lowest BCUT2D eigenvalue weighted by Gasteiger charge is -2.32. The van der Waals surface area contributed by atoms with Crippen LogP contribution < -0.4 is 5.32 Å². The van der Waals surface area contributed by atoms with Crippen molar-refractivity contribution in [1.29, 1.82) is 0 Å². The van der Waals surface area contributed by atoms with E-state index in [1.165, 1.54) is 0 Å². The summed E-state index contributed by atoms with van der Waals surface area (Å²) in [5, 5.41) is 23.2. The highest BCUT2D eigenvalue weighted by Gasteiger charge is 2.27. The van der Waals surface area contributed by atoms with E-state index in [1.54, 1.807) is 12.1 Å². The number of fused-ring (bicyclic) bond motifs is 1. The highest BCUT2D eigenvalue weighted by molar-refractivity contribution is 5.85. The molecule has 1 aromatic heterocycles. The summed E-state index contributed by atoms with van der Waals surface area (Å²) in [6, 6.07) is 7.02. The van der Waals surface area contributed by atoms with Crippen molar-refractivity contribution in [2.45, 2.75) is 38.4 Å². The number of nitrogens with zero attached hydrogens (tertiary/aromatic N) is 5. The lowest BCUT2D eigenvalue weighted by Crippen LogP contribution is -2.34. The predicted octanol–water partition coefficient (Wildman–Crippen LogP) is 2.09. The number of halogens is 1. The Morgan fingerprint density at radius 1 is 1.19 bits per heavy atom. The van der Waals surface area contributed by atoms with Crippen LogP contribution in [0.15, 0.2) is 24.3 Å². The monoisotopic (exact) mass is 378 g/mol. The summed E-state index contributed by atoms with van der Waals surface area (Å²) in [6.45, 7) is 5.19. The van der Waals surface area contributed by atoms with Gasteiger partial charge < -0.3 is 9.88 Å². The molecule has 26 heavy (non-hydrogen) atoms. The van der Waals surface area contributed by atoms with Crippen molar-refractivity contribution >= 4 is 18.1 Å². The number of hydrogen-bond acceptors (Lipinski definition) is 6. The Bertz CT molecular complexity index is 772. The van der Waals surface area contributed by atoms with Gasteiger partial charge in [0, 0.05) is 37.2 Å². The Kier molecular flexibility index (Phi) is 5.85. The van der Waals surface area contributed by atoms with Gasteiger partial charge in [0.2, 0.25) is 0 Å². The Hall–Kier alpha value is -2.03.